The van der Waals surface area contributed by atoms with E-state index in [9.17, 15) is 18.0 Å². The second kappa shape index (κ2) is 10.2. The molecule has 3 aliphatic rings. The molecule has 1 saturated heterocycles. The minimum Gasteiger partial charge on any atom is -0.353 e. The molecule has 194 valence electrons. The molecule has 0 radical (unpaired) electrons. The monoisotopic (exact) mass is 511 g/mol. The average Bonchev–Trinajstić information content (AvgIpc) is 3.61. The van der Waals surface area contributed by atoms with Gasteiger partial charge in [0.15, 0.2) is 5.82 Å². The van der Waals surface area contributed by atoms with Crippen molar-refractivity contribution in [3.05, 3.63) is 65.1 Å². The maximum Gasteiger partial charge on any atom is 0.416 e. The van der Waals surface area contributed by atoms with Crippen LogP contribution in [0.4, 0.5) is 19.0 Å². The first-order chi connectivity index (χ1) is 17.7. The molecular formula is C26H28F3N7O. The number of halogens is 3. The van der Waals surface area contributed by atoms with Crippen LogP contribution in [0.2, 0.25) is 0 Å². The van der Waals surface area contributed by atoms with Crippen molar-refractivity contribution in [1.82, 2.24) is 20.4 Å². The number of carbonyl (C=O) groups is 1. The topological polar surface area (TPSA) is 97.8 Å². The molecule has 3 heterocycles. The Labute approximate surface area is 212 Å². The average molecular weight is 512 g/mol. The predicted molar refractivity (Wildman–Crippen MR) is 136 cm³/mol. The molecular weight excluding hydrogens is 483 g/mol. The zero-order valence-corrected chi connectivity index (χ0v) is 20.3. The summed E-state index contributed by atoms with van der Waals surface area (Å²) < 4.78 is 39.4. The summed E-state index contributed by atoms with van der Waals surface area (Å²) in [5, 5.41) is 13.4. The van der Waals surface area contributed by atoms with E-state index in [1.165, 1.54) is 6.07 Å². The highest BCUT2D eigenvalue weighted by molar-refractivity contribution is 6.10. The molecule has 1 aromatic heterocycles. The van der Waals surface area contributed by atoms with Crippen molar-refractivity contribution in [2.45, 2.75) is 38.3 Å². The van der Waals surface area contributed by atoms with Gasteiger partial charge < -0.3 is 15.5 Å². The van der Waals surface area contributed by atoms with Crippen molar-refractivity contribution in [2.24, 2.45) is 15.9 Å². The third-order valence-electron chi connectivity index (χ3n) is 6.49. The molecule has 2 fully saturated rings. The number of aromatic amines is 1. The van der Waals surface area contributed by atoms with Gasteiger partial charge in [0.25, 0.3) is 0 Å². The Bertz CT molecular complexity index is 1290. The van der Waals surface area contributed by atoms with Gasteiger partial charge in [-0.15, -0.1) is 0 Å². The lowest BCUT2D eigenvalue weighted by Gasteiger charge is -2.29. The number of anilines is 1. The number of benzene rings is 1. The molecule has 0 bridgehead atoms. The van der Waals surface area contributed by atoms with E-state index in [0.29, 0.717) is 54.3 Å². The fourth-order valence-corrected chi connectivity index (χ4v) is 4.22. The molecule has 1 aliphatic carbocycles. The smallest absolute Gasteiger partial charge is 0.353 e. The third-order valence-corrected chi connectivity index (χ3v) is 6.49. The van der Waals surface area contributed by atoms with Crippen LogP contribution in [-0.2, 0) is 11.0 Å². The first-order valence-corrected chi connectivity index (χ1v) is 12.3. The number of guanidine groups is 1. The second-order valence-corrected chi connectivity index (χ2v) is 9.51. The number of hydrogen-bond acceptors (Lipinski definition) is 6. The van der Waals surface area contributed by atoms with E-state index in [1.807, 2.05) is 24.0 Å². The Morgan fingerprint density at radius 1 is 1.16 bits per heavy atom. The van der Waals surface area contributed by atoms with Crippen LogP contribution < -0.4 is 10.6 Å². The summed E-state index contributed by atoms with van der Waals surface area (Å²) in [6.07, 6.45) is 3.78. The first-order valence-electron chi connectivity index (χ1n) is 12.3. The highest BCUT2D eigenvalue weighted by Gasteiger charge is 2.30. The number of rotatable bonds is 5. The summed E-state index contributed by atoms with van der Waals surface area (Å²) in [5.41, 5.74) is 1.44. The molecule has 2 aliphatic heterocycles. The minimum absolute atomic E-state index is 0.0517. The van der Waals surface area contributed by atoms with E-state index in [4.69, 9.17) is 9.98 Å². The number of piperazine rings is 1. The van der Waals surface area contributed by atoms with Crippen LogP contribution in [0.3, 0.4) is 0 Å². The quantitative estimate of drug-likeness (QED) is 0.549. The standard InChI is InChI=1S/C26H28F3N7O/c1-16-5-10-23(36-12-11-30-24(37)15-36)33-25(32-22-14-21(34-35-22)18-7-8-18)31-20(16)9-6-17-3-2-4-19(13-17)26(27,28)29/h2-4,6,9-10,13-14,16,18H,5,7-8,11-12,15H2,1H3,(H,30,37)(H2,32,33,34,35)/b9-6+,23-10-,31-20-. The van der Waals surface area contributed by atoms with E-state index in [1.54, 1.807) is 18.2 Å². The number of amides is 1. The molecule has 3 N–H and O–H groups in total. The van der Waals surface area contributed by atoms with Gasteiger partial charge in [-0.05, 0) is 49.1 Å². The highest BCUT2D eigenvalue weighted by atomic mass is 19.4. The van der Waals surface area contributed by atoms with Crippen molar-refractivity contribution in [3.63, 3.8) is 0 Å². The van der Waals surface area contributed by atoms with E-state index in [-0.39, 0.29) is 18.4 Å². The van der Waals surface area contributed by atoms with E-state index >= 15 is 0 Å². The molecule has 2 aromatic rings. The SMILES string of the molecule is CC1C/C=C(N2CCNC(=O)C2)/N=C(Nc2cc(C3CC3)[nH]n2)\N=C1\C=C\c1cccc(C(F)(F)F)c1. The highest BCUT2D eigenvalue weighted by Crippen LogP contribution is 2.39. The van der Waals surface area contributed by atoms with Crippen LogP contribution in [-0.4, -0.2) is 52.3 Å². The van der Waals surface area contributed by atoms with Crippen molar-refractivity contribution in [3.8, 4) is 0 Å². The van der Waals surface area contributed by atoms with Gasteiger partial charge in [-0.1, -0.05) is 25.1 Å². The largest absolute Gasteiger partial charge is 0.416 e. The second-order valence-electron chi connectivity index (χ2n) is 9.51. The maximum absolute atomic E-state index is 13.1. The predicted octanol–water partition coefficient (Wildman–Crippen LogP) is 4.54. The normalized spacial score (nSPS) is 25.3. The Morgan fingerprint density at radius 3 is 2.76 bits per heavy atom. The number of allylic oxidation sites excluding steroid dienone is 2. The molecule has 37 heavy (non-hydrogen) atoms. The van der Waals surface area contributed by atoms with Gasteiger partial charge in [0.05, 0.1) is 12.1 Å². The molecule has 1 saturated carbocycles. The van der Waals surface area contributed by atoms with Gasteiger partial charge in [0.1, 0.15) is 5.82 Å². The van der Waals surface area contributed by atoms with Crippen LogP contribution in [0.25, 0.3) is 6.08 Å². The van der Waals surface area contributed by atoms with Gasteiger partial charge in [-0.2, -0.15) is 23.3 Å². The van der Waals surface area contributed by atoms with Gasteiger partial charge in [0, 0.05) is 42.4 Å². The molecule has 1 amide bonds. The Morgan fingerprint density at radius 2 is 2.00 bits per heavy atom. The van der Waals surface area contributed by atoms with Crippen LogP contribution in [0.15, 0.2) is 58.3 Å². The number of H-pyrrole nitrogens is 1. The van der Waals surface area contributed by atoms with Gasteiger partial charge in [0.2, 0.25) is 11.9 Å². The van der Waals surface area contributed by atoms with Gasteiger partial charge in [-0.3, -0.25) is 9.89 Å². The summed E-state index contributed by atoms with van der Waals surface area (Å²) in [5.74, 6) is 1.90. The number of alkyl halides is 3. The van der Waals surface area contributed by atoms with Gasteiger partial charge in [-0.25, -0.2) is 4.99 Å². The molecule has 5 rings (SSSR count). The van der Waals surface area contributed by atoms with Crippen molar-refractivity contribution in [1.29, 1.82) is 0 Å². The fraction of sp³-hybridized carbons (Fsp3) is 0.385. The Hall–Kier alpha value is -3.89. The number of hydrogen-bond donors (Lipinski definition) is 3. The lowest BCUT2D eigenvalue weighted by molar-refractivity contribution is -0.137. The molecule has 1 aromatic carbocycles. The number of aliphatic imine (C=N–C) groups is 2. The molecule has 8 nitrogen and oxygen atoms in total. The summed E-state index contributed by atoms with van der Waals surface area (Å²) in [7, 11) is 0. The Balaban J connectivity index is 1.45. The molecule has 0 spiro atoms. The van der Waals surface area contributed by atoms with E-state index < -0.39 is 11.7 Å². The molecule has 11 heteroatoms. The lowest BCUT2D eigenvalue weighted by Crippen LogP contribution is -2.47. The number of aromatic nitrogens is 2. The number of carbonyl (C=O) groups excluding carboxylic acids is 1. The van der Waals surface area contributed by atoms with Crippen LogP contribution in [0, 0.1) is 5.92 Å². The molecule has 1 unspecified atom stereocenters. The lowest BCUT2D eigenvalue weighted by atomic mass is 9.99. The molecule has 1 atom stereocenters. The van der Waals surface area contributed by atoms with Crippen LogP contribution >= 0.6 is 0 Å². The zero-order chi connectivity index (χ0) is 26.0. The summed E-state index contributed by atoms with van der Waals surface area (Å²) in [6, 6.07) is 7.11. The van der Waals surface area contributed by atoms with E-state index in [0.717, 1.165) is 30.7 Å². The van der Waals surface area contributed by atoms with Crippen LogP contribution in [0.5, 0.6) is 0 Å². The number of nitrogens with zero attached hydrogens (tertiary/aromatic N) is 4. The maximum atomic E-state index is 13.1. The third kappa shape index (κ3) is 6.28. The number of nitrogens with one attached hydrogen (secondary N) is 3. The van der Waals surface area contributed by atoms with Crippen molar-refractivity contribution >= 4 is 29.5 Å². The minimum atomic E-state index is -4.41. The van der Waals surface area contributed by atoms with E-state index in [2.05, 4.69) is 20.8 Å². The van der Waals surface area contributed by atoms with Crippen molar-refractivity contribution in [2.75, 3.05) is 25.0 Å². The Kier molecular flexibility index (Phi) is 6.86. The summed E-state index contributed by atoms with van der Waals surface area (Å²) in [6.45, 7) is 3.36. The fourth-order valence-electron chi connectivity index (χ4n) is 4.22. The van der Waals surface area contributed by atoms with Gasteiger partial charge >= 0.3 is 6.18 Å². The summed E-state index contributed by atoms with van der Waals surface area (Å²) >= 11 is 0. The van der Waals surface area contributed by atoms with Crippen molar-refractivity contribution < 1.29 is 18.0 Å². The summed E-state index contributed by atoms with van der Waals surface area (Å²) in [4.78, 5) is 23.4. The van der Waals surface area contributed by atoms with Crippen LogP contribution in [0.1, 0.15) is 48.9 Å². The first kappa shape index (κ1) is 24.8. The zero-order valence-electron chi connectivity index (χ0n) is 20.3.